The predicted molar refractivity (Wildman–Crippen MR) is 102 cm³/mol. The Morgan fingerprint density at radius 1 is 1.00 bits per heavy atom. The van der Waals surface area contributed by atoms with Gasteiger partial charge in [0.2, 0.25) is 0 Å². The minimum absolute atomic E-state index is 0.0637. The van der Waals surface area contributed by atoms with Crippen LogP contribution in [0.1, 0.15) is 90.6 Å². The summed E-state index contributed by atoms with van der Waals surface area (Å²) in [5.41, 5.74) is 4.60. The summed E-state index contributed by atoms with van der Waals surface area (Å²) in [6, 6.07) is 2.50. The fraction of sp³-hybridized carbons (Fsp3) is 0.714. The zero-order chi connectivity index (χ0) is 18.2. The molecule has 2 nitrogen and oxygen atoms in total. The maximum absolute atomic E-state index is 11.1. The standard InChI is InChI=1S/C21H37NO/c1-11-22(12-2)15(4)17-14(3)13-16(20(5,6)7)19(23)18(17)21(8,9)10/h13,15,23H,11-12H2,1-10H3. The van der Waals surface area contributed by atoms with Crippen LogP contribution in [0.5, 0.6) is 5.75 Å². The number of hydrogen-bond donors (Lipinski definition) is 1. The van der Waals surface area contributed by atoms with Gasteiger partial charge in [-0.25, -0.2) is 0 Å². The van der Waals surface area contributed by atoms with Gasteiger partial charge in [0.1, 0.15) is 5.75 Å². The van der Waals surface area contributed by atoms with Gasteiger partial charge in [-0.3, -0.25) is 4.90 Å². The van der Waals surface area contributed by atoms with Crippen LogP contribution in [0, 0.1) is 6.92 Å². The maximum Gasteiger partial charge on any atom is 0.123 e. The normalized spacial score (nSPS) is 14.4. The highest BCUT2D eigenvalue weighted by Crippen LogP contribution is 2.45. The molecule has 0 saturated carbocycles. The van der Waals surface area contributed by atoms with Crippen LogP contribution >= 0.6 is 0 Å². The SMILES string of the molecule is CCN(CC)C(C)c1c(C)cc(C(C)(C)C)c(O)c1C(C)(C)C. The lowest BCUT2D eigenvalue weighted by molar-refractivity contribution is 0.230. The highest BCUT2D eigenvalue weighted by atomic mass is 16.3. The van der Waals surface area contributed by atoms with Crippen LogP contribution in [0.25, 0.3) is 0 Å². The zero-order valence-corrected chi connectivity index (χ0v) is 17.0. The molecular weight excluding hydrogens is 282 g/mol. The monoisotopic (exact) mass is 319 g/mol. The molecule has 0 fully saturated rings. The lowest BCUT2D eigenvalue weighted by atomic mass is 9.74. The molecule has 1 atom stereocenters. The lowest BCUT2D eigenvalue weighted by Crippen LogP contribution is -2.30. The lowest BCUT2D eigenvalue weighted by Gasteiger charge is -2.36. The molecule has 0 radical (unpaired) electrons. The van der Waals surface area contributed by atoms with E-state index in [0.717, 1.165) is 24.2 Å². The van der Waals surface area contributed by atoms with Crippen molar-refractivity contribution >= 4 is 0 Å². The average molecular weight is 320 g/mol. The molecule has 0 aliphatic heterocycles. The van der Waals surface area contributed by atoms with E-state index >= 15 is 0 Å². The van der Waals surface area contributed by atoms with Crippen LogP contribution in [0.15, 0.2) is 6.07 Å². The topological polar surface area (TPSA) is 23.5 Å². The smallest absolute Gasteiger partial charge is 0.123 e. The largest absolute Gasteiger partial charge is 0.507 e. The summed E-state index contributed by atoms with van der Waals surface area (Å²) in [7, 11) is 0. The molecule has 0 aliphatic rings. The number of benzene rings is 1. The molecule has 1 aromatic carbocycles. The number of aryl methyl sites for hydroxylation is 1. The Hall–Kier alpha value is -1.02. The fourth-order valence-electron chi connectivity index (χ4n) is 3.65. The average Bonchev–Trinajstić information content (AvgIpc) is 2.39. The van der Waals surface area contributed by atoms with Crippen molar-refractivity contribution in [2.24, 2.45) is 0 Å². The van der Waals surface area contributed by atoms with Crippen LogP contribution in [0.2, 0.25) is 0 Å². The van der Waals surface area contributed by atoms with E-state index < -0.39 is 0 Å². The summed E-state index contributed by atoms with van der Waals surface area (Å²) in [5.74, 6) is 0.490. The van der Waals surface area contributed by atoms with Gasteiger partial charge in [0.15, 0.2) is 0 Å². The van der Waals surface area contributed by atoms with E-state index in [9.17, 15) is 5.11 Å². The van der Waals surface area contributed by atoms with Gasteiger partial charge in [-0.2, -0.15) is 0 Å². The van der Waals surface area contributed by atoms with Crippen molar-refractivity contribution in [3.05, 3.63) is 28.3 Å². The van der Waals surface area contributed by atoms with Crippen molar-refractivity contribution in [1.29, 1.82) is 0 Å². The van der Waals surface area contributed by atoms with Crippen molar-refractivity contribution in [2.45, 2.75) is 86.1 Å². The van der Waals surface area contributed by atoms with Gasteiger partial charge >= 0.3 is 0 Å². The highest BCUT2D eigenvalue weighted by molar-refractivity contribution is 5.55. The highest BCUT2D eigenvalue weighted by Gasteiger charge is 2.32. The fourth-order valence-corrected chi connectivity index (χ4v) is 3.65. The summed E-state index contributed by atoms with van der Waals surface area (Å²) in [6.07, 6.45) is 0. The summed E-state index contributed by atoms with van der Waals surface area (Å²) in [6.45, 7) is 24.0. The van der Waals surface area contributed by atoms with Crippen molar-refractivity contribution in [2.75, 3.05) is 13.1 Å². The molecule has 132 valence electrons. The second-order valence-electron chi connectivity index (χ2n) is 8.78. The Labute approximate surface area is 143 Å². The van der Waals surface area contributed by atoms with Crippen LogP contribution < -0.4 is 0 Å². The van der Waals surface area contributed by atoms with Gasteiger partial charge < -0.3 is 5.11 Å². The molecular formula is C21H37NO. The second kappa shape index (κ2) is 6.84. The molecule has 1 rings (SSSR count). The van der Waals surface area contributed by atoms with Gasteiger partial charge in [0, 0.05) is 11.6 Å². The second-order valence-corrected chi connectivity index (χ2v) is 8.78. The van der Waals surface area contributed by atoms with E-state index in [0.29, 0.717) is 11.8 Å². The zero-order valence-electron chi connectivity index (χ0n) is 17.0. The predicted octanol–water partition coefficient (Wildman–Crippen LogP) is 5.70. The molecule has 2 heteroatoms. The summed E-state index contributed by atoms with van der Waals surface area (Å²) < 4.78 is 0. The molecule has 0 bridgehead atoms. The molecule has 1 unspecified atom stereocenters. The van der Waals surface area contributed by atoms with E-state index in [1.54, 1.807) is 0 Å². The van der Waals surface area contributed by atoms with Crippen LogP contribution in [-0.4, -0.2) is 23.1 Å². The molecule has 0 aromatic heterocycles. The van der Waals surface area contributed by atoms with Crippen molar-refractivity contribution < 1.29 is 5.11 Å². The first kappa shape index (κ1) is 20.0. The van der Waals surface area contributed by atoms with Crippen molar-refractivity contribution in [3.63, 3.8) is 0 Å². The molecule has 1 aromatic rings. The Morgan fingerprint density at radius 3 is 1.83 bits per heavy atom. The Balaban J connectivity index is 3.75. The Kier molecular flexibility index (Phi) is 5.96. The first-order chi connectivity index (χ1) is 10.4. The molecule has 0 heterocycles. The van der Waals surface area contributed by atoms with E-state index in [1.807, 2.05) is 0 Å². The third-order valence-corrected chi connectivity index (χ3v) is 4.88. The van der Waals surface area contributed by atoms with Crippen molar-refractivity contribution in [1.82, 2.24) is 4.90 Å². The molecule has 0 spiro atoms. The van der Waals surface area contributed by atoms with Crippen LogP contribution in [-0.2, 0) is 10.8 Å². The molecule has 23 heavy (non-hydrogen) atoms. The third-order valence-electron chi connectivity index (χ3n) is 4.88. The number of nitrogens with zero attached hydrogens (tertiary/aromatic N) is 1. The number of rotatable bonds is 4. The minimum Gasteiger partial charge on any atom is -0.507 e. The van der Waals surface area contributed by atoms with E-state index in [1.165, 1.54) is 11.1 Å². The van der Waals surface area contributed by atoms with E-state index in [2.05, 4.69) is 80.2 Å². The van der Waals surface area contributed by atoms with Gasteiger partial charge in [0.25, 0.3) is 0 Å². The third kappa shape index (κ3) is 4.09. The Bertz CT molecular complexity index is 542. The summed E-state index contributed by atoms with van der Waals surface area (Å²) in [5, 5.41) is 11.1. The first-order valence-electron chi connectivity index (χ1n) is 8.97. The van der Waals surface area contributed by atoms with Crippen LogP contribution in [0.3, 0.4) is 0 Å². The molecule has 0 aliphatic carbocycles. The van der Waals surface area contributed by atoms with E-state index in [-0.39, 0.29) is 10.8 Å². The van der Waals surface area contributed by atoms with Gasteiger partial charge in [-0.15, -0.1) is 0 Å². The van der Waals surface area contributed by atoms with Gasteiger partial charge in [0.05, 0.1) is 0 Å². The summed E-state index contributed by atoms with van der Waals surface area (Å²) >= 11 is 0. The quantitative estimate of drug-likeness (QED) is 0.769. The molecule has 0 amide bonds. The minimum atomic E-state index is -0.0904. The number of phenols is 1. The summed E-state index contributed by atoms with van der Waals surface area (Å²) in [4.78, 5) is 2.45. The van der Waals surface area contributed by atoms with E-state index in [4.69, 9.17) is 0 Å². The molecule has 0 saturated heterocycles. The van der Waals surface area contributed by atoms with Crippen LogP contribution in [0.4, 0.5) is 0 Å². The Morgan fingerprint density at radius 2 is 1.48 bits per heavy atom. The number of aromatic hydroxyl groups is 1. The number of phenolic OH excluding ortho intramolecular Hbond substituents is 1. The van der Waals surface area contributed by atoms with Crippen molar-refractivity contribution in [3.8, 4) is 5.75 Å². The first-order valence-corrected chi connectivity index (χ1v) is 8.97. The number of hydrogen-bond acceptors (Lipinski definition) is 2. The van der Waals surface area contributed by atoms with Gasteiger partial charge in [-0.05, 0) is 54.5 Å². The maximum atomic E-state index is 11.1. The van der Waals surface area contributed by atoms with Gasteiger partial charge in [-0.1, -0.05) is 61.5 Å². The molecule has 1 N–H and O–H groups in total.